The third-order valence-corrected chi connectivity index (χ3v) is 8.44. The minimum atomic E-state index is 0.0150. The highest BCUT2D eigenvalue weighted by atomic mass is 16.2. The summed E-state index contributed by atoms with van der Waals surface area (Å²) in [5.74, 6) is 0.202. The van der Waals surface area contributed by atoms with Gasteiger partial charge in [0.05, 0.1) is 6.04 Å². The maximum Gasteiger partial charge on any atom is 0.223 e. The predicted molar refractivity (Wildman–Crippen MR) is 130 cm³/mol. The molecule has 1 unspecified atom stereocenters. The zero-order chi connectivity index (χ0) is 23.0. The van der Waals surface area contributed by atoms with Crippen molar-refractivity contribution in [3.8, 4) is 0 Å². The van der Waals surface area contributed by atoms with Crippen LogP contribution in [0.1, 0.15) is 58.8 Å². The van der Waals surface area contributed by atoms with Crippen LogP contribution in [0.2, 0.25) is 0 Å². The second kappa shape index (κ2) is 9.22. The quantitative estimate of drug-likeness (QED) is 0.694. The molecule has 1 atom stereocenters. The second-order valence-corrected chi connectivity index (χ2v) is 10.5. The van der Waals surface area contributed by atoms with Gasteiger partial charge in [0.25, 0.3) is 0 Å². The van der Waals surface area contributed by atoms with Crippen molar-refractivity contribution in [2.75, 3.05) is 32.7 Å². The van der Waals surface area contributed by atoms with Gasteiger partial charge in [0.2, 0.25) is 11.8 Å². The maximum absolute atomic E-state index is 12.5. The van der Waals surface area contributed by atoms with Crippen LogP contribution in [-0.2, 0) is 9.59 Å². The Hall–Kier alpha value is -2.18. The largest absolute Gasteiger partial charge is 0.350 e. The highest BCUT2D eigenvalue weighted by Gasteiger charge is 2.48. The van der Waals surface area contributed by atoms with Crippen LogP contribution in [0.25, 0.3) is 0 Å². The monoisotopic (exact) mass is 450 g/mol. The molecule has 0 bridgehead atoms. The number of allylic oxidation sites excluding steroid dienone is 5. The smallest absolute Gasteiger partial charge is 0.223 e. The first kappa shape index (κ1) is 22.6. The number of likely N-dealkylation sites (tertiary alicyclic amines) is 1. The molecule has 6 heteroatoms. The Morgan fingerprint density at radius 2 is 1.88 bits per heavy atom. The summed E-state index contributed by atoms with van der Waals surface area (Å²) in [6.07, 6.45) is 16.5. The van der Waals surface area contributed by atoms with E-state index in [0.29, 0.717) is 6.04 Å². The van der Waals surface area contributed by atoms with E-state index in [0.717, 1.165) is 64.8 Å². The van der Waals surface area contributed by atoms with Gasteiger partial charge in [0.15, 0.2) is 0 Å². The van der Waals surface area contributed by atoms with Gasteiger partial charge in [-0.25, -0.2) is 0 Å². The zero-order valence-corrected chi connectivity index (χ0v) is 20.2. The van der Waals surface area contributed by atoms with Crippen LogP contribution in [0.5, 0.6) is 0 Å². The minimum Gasteiger partial charge on any atom is -0.350 e. The molecule has 6 nitrogen and oxygen atoms in total. The molecule has 0 radical (unpaired) electrons. The van der Waals surface area contributed by atoms with Gasteiger partial charge in [-0.1, -0.05) is 24.3 Å². The highest BCUT2D eigenvalue weighted by molar-refractivity contribution is 5.77. The molecule has 0 aromatic carbocycles. The predicted octanol–water partition coefficient (Wildman–Crippen LogP) is 3.05. The molecule has 2 N–H and O–H groups in total. The summed E-state index contributed by atoms with van der Waals surface area (Å²) in [5.41, 5.74) is 5.48. The molecular weight excluding hydrogens is 412 g/mol. The summed E-state index contributed by atoms with van der Waals surface area (Å²) in [6, 6.07) is 0.810. The van der Waals surface area contributed by atoms with Gasteiger partial charge in [-0.15, -0.1) is 0 Å². The number of carbonyl (C=O) groups is 2. The van der Waals surface area contributed by atoms with Gasteiger partial charge in [-0.05, 0) is 87.8 Å². The number of piperidine rings is 2. The van der Waals surface area contributed by atoms with Crippen LogP contribution >= 0.6 is 0 Å². The molecule has 2 aliphatic carbocycles. The number of nitrogens with one attached hydrogen (secondary N) is 2. The number of amides is 2. The van der Waals surface area contributed by atoms with E-state index in [1.54, 1.807) is 13.8 Å². The van der Waals surface area contributed by atoms with E-state index in [1.807, 2.05) is 0 Å². The maximum atomic E-state index is 12.5. The van der Waals surface area contributed by atoms with Gasteiger partial charge in [0.1, 0.15) is 0 Å². The highest BCUT2D eigenvalue weighted by Crippen LogP contribution is 2.51. The minimum absolute atomic E-state index is 0.0150. The molecular formula is C27H38N4O2. The summed E-state index contributed by atoms with van der Waals surface area (Å²) >= 11 is 0. The summed E-state index contributed by atoms with van der Waals surface area (Å²) in [6.45, 7) is 8.70. The molecule has 0 aromatic heterocycles. The number of hydrogen-bond donors (Lipinski definition) is 2. The fraction of sp³-hybridized carbons (Fsp3) is 0.630. The summed E-state index contributed by atoms with van der Waals surface area (Å²) < 4.78 is 0. The molecule has 0 aromatic rings. The number of hydrogen-bond acceptors (Lipinski definition) is 4. The van der Waals surface area contributed by atoms with Crippen molar-refractivity contribution in [2.45, 2.75) is 70.9 Å². The average molecular weight is 451 g/mol. The number of nitrogens with zero attached hydrogens (tertiary/aromatic N) is 2. The van der Waals surface area contributed by atoms with E-state index >= 15 is 0 Å². The Morgan fingerprint density at radius 3 is 2.52 bits per heavy atom. The average Bonchev–Trinajstić information content (AvgIpc) is 3.14. The molecule has 5 aliphatic rings. The normalized spacial score (nSPS) is 27.9. The summed E-state index contributed by atoms with van der Waals surface area (Å²) in [7, 11) is 0. The van der Waals surface area contributed by atoms with Crippen molar-refractivity contribution in [1.29, 1.82) is 0 Å². The van der Waals surface area contributed by atoms with Crippen molar-refractivity contribution >= 4 is 11.8 Å². The molecule has 3 aliphatic heterocycles. The first-order valence-electron chi connectivity index (χ1n) is 12.8. The van der Waals surface area contributed by atoms with Crippen molar-refractivity contribution in [1.82, 2.24) is 20.4 Å². The first-order chi connectivity index (χ1) is 15.9. The number of rotatable bonds is 3. The Kier molecular flexibility index (Phi) is 6.32. The number of fused-ring (bicyclic) bond motifs is 1. The van der Waals surface area contributed by atoms with Gasteiger partial charge < -0.3 is 20.4 Å². The van der Waals surface area contributed by atoms with Crippen molar-refractivity contribution in [3.05, 3.63) is 46.7 Å². The van der Waals surface area contributed by atoms with E-state index in [9.17, 15) is 9.59 Å². The molecule has 33 heavy (non-hydrogen) atoms. The lowest BCUT2D eigenvalue weighted by molar-refractivity contribution is -0.127. The standard InChI is InChI=1S/C27H38N4O2/c1-19(32)29-23-6-3-21(4-7-23)22-5-8-26-25(17-22)27(18-31(26)20(2)33)11-15-30(16-12-27)24-9-13-28-14-10-24/h3-4,6,17,23-24,28H,5,7-16,18H2,1-2H3,(H,29,32). The fourth-order valence-electron chi connectivity index (χ4n) is 6.61. The van der Waals surface area contributed by atoms with Crippen LogP contribution in [0.15, 0.2) is 46.7 Å². The topological polar surface area (TPSA) is 64.7 Å². The number of carbonyl (C=O) groups excluding carboxylic acids is 2. The van der Waals surface area contributed by atoms with E-state index < -0.39 is 0 Å². The lowest BCUT2D eigenvalue weighted by Crippen LogP contribution is -2.50. The first-order valence-corrected chi connectivity index (χ1v) is 12.8. The summed E-state index contributed by atoms with van der Waals surface area (Å²) in [5, 5.41) is 6.47. The molecule has 1 spiro atoms. The fourth-order valence-corrected chi connectivity index (χ4v) is 6.61. The van der Waals surface area contributed by atoms with Gasteiger partial charge in [-0.3, -0.25) is 9.59 Å². The van der Waals surface area contributed by atoms with Crippen molar-refractivity contribution in [3.63, 3.8) is 0 Å². The Labute approximate surface area is 197 Å². The van der Waals surface area contributed by atoms with Crippen LogP contribution in [0, 0.1) is 5.41 Å². The molecule has 0 saturated carbocycles. The van der Waals surface area contributed by atoms with Crippen molar-refractivity contribution in [2.24, 2.45) is 5.41 Å². The Balaban J connectivity index is 1.35. The van der Waals surface area contributed by atoms with Crippen LogP contribution < -0.4 is 10.6 Å². The summed E-state index contributed by atoms with van der Waals surface area (Å²) in [4.78, 5) is 28.7. The van der Waals surface area contributed by atoms with Crippen LogP contribution in [-0.4, -0.2) is 66.4 Å². The molecule has 2 saturated heterocycles. The molecule has 178 valence electrons. The second-order valence-electron chi connectivity index (χ2n) is 10.5. The third-order valence-electron chi connectivity index (χ3n) is 8.44. The van der Waals surface area contributed by atoms with Gasteiger partial charge in [-0.2, -0.15) is 0 Å². The van der Waals surface area contributed by atoms with E-state index in [1.165, 1.54) is 35.3 Å². The van der Waals surface area contributed by atoms with E-state index in [4.69, 9.17) is 0 Å². The molecule has 5 rings (SSSR count). The molecule has 3 heterocycles. The van der Waals surface area contributed by atoms with Gasteiger partial charge in [0, 0.05) is 37.5 Å². The van der Waals surface area contributed by atoms with Crippen molar-refractivity contribution < 1.29 is 9.59 Å². The SMILES string of the molecule is CC(=O)NC1C=CC(C2=CC3=C(CC2)N(C(C)=O)CC32CCN(C3CCNCC3)CC2)=CC1. The molecule has 2 fully saturated rings. The lowest BCUT2D eigenvalue weighted by Gasteiger charge is -2.45. The zero-order valence-electron chi connectivity index (χ0n) is 20.2. The Bertz CT molecular complexity index is 930. The van der Waals surface area contributed by atoms with E-state index in [2.05, 4.69) is 44.7 Å². The lowest BCUT2D eigenvalue weighted by atomic mass is 9.71. The van der Waals surface area contributed by atoms with E-state index in [-0.39, 0.29) is 23.3 Å². The Morgan fingerprint density at radius 1 is 1.12 bits per heavy atom. The van der Waals surface area contributed by atoms with Crippen LogP contribution in [0.4, 0.5) is 0 Å². The van der Waals surface area contributed by atoms with Gasteiger partial charge >= 0.3 is 0 Å². The molecule has 2 amide bonds. The third kappa shape index (κ3) is 4.47. The van der Waals surface area contributed by atoms with Crippen LogP contribution in [0.3, 0.4) is 0 Å².